The molecule has 1 aromatic carbocycles. The number of carbonyl (C=O) groups is 2. The van der Waals surface area contributed by atoms with Crippen molar-refractivity contribution in [3.63, 3.8) is 0 Å². The number of ketones is 1. The fourth-order valence-corrected chi connectivity index (χ4v) is 3.22. The van der Waals surface area contributed by atoms with E-state index in [0.29, 0.717) is 30.8 Å². The first kappa shape index (κ1) is 14.1. The molecule has 1 fully saturated rings. The molecular formula is C17H21NO3. The van der Waals surface area contributed by atoms with E-state index in [1.54, 1.807) is 0 Å². The molecule has 0 aromatic heterocycles. The highest BCUT2D eigenvalue weighted by Crippen LogP contribution is 2.39. The van der Waals surface area contributed by atoms with E-state index in [1.165, 1.54) is 0 Å². The summed E-state index contributed by atoms with van der Waals surface area (Å²) in [6.07, 6.45) is 1.88. The minimum Gasteiger partial charge on any atom is -0.486 e. The Labute approximate surface area is 125 Å². The van der Waals surface area contributed by atoms with E-state index in [9.17, 15) is 9.59 Å². The number of likely N-dealkylation sites (tertiary alicyclic amines) is 1. The molecule has 2 aliphatic rings. The largest absolute Gasteiger partial charge is 0.486 e. The lowest BCUT2D eigenvalue weighted by Crippen LogP contribution is -2.52. The van der Waals surface area contributed by atoms with Crippen molar-refractivity contribution in [1.82, 2.24) is 4.90 Å². The molecule has 1 saturated heterocycles. The summed E-state index contributed by atoms with van der Waals surface area (Å²) in [6.45, 7) is 5.19. The van der Waals surface area contributed by atoms with E-state index < -0.39 is 5.60 Å². The van der Waals surface area contributed by atoms with Crippen molar-refractivity contribution in [3.8, 4) is 5.75 Å². The minimum atomic E-state index is -0.417. The van der Waals surface area contributed by atoms with Crippen molar-refractivity contribution >= 4 is 11.7 Å². The van der Waals surface area contributed by atoms with Crippen LogP contribution < -0.4 is 4.74 Å². The topological polar surface area (TPSA) is 46.6 Å². The summed E-state index contributed by atoms with van der Waals surface area (Å²) in [5.41, 5.74) is 0.267. The van der Waals surface area contributed by atoms with Gasteiger partial charge in [-0.1, -0.05) is 26.0 Å². The van der Waals surface area contributed by atoms with Crippen LogP contribution in [0.25, 0.3) is 0 Å². The molecule has 0 N–H and O–H groups in total. The lowest BCUT2D eigenvalue weighted by Gasteiger charge is -2.44. The summed E-state index contributed by atoms with van der Waals surface area (Å²) in [5.74, 6) is 1.05. The Morgan fingerprint density at radius 2 is 1.90 bits per heavy atom. The van der Waals surface area contributed by atoms with Crippen LogP contribution in [0.15, 0.2) is 24.3 Å². The molecule has 21 heavy (non-hydrogen) atoms. The number of ether oxygens (including phenoxy) is 1. The number of nitrogens with zero attached hydrogens (tertiary/aromatic N) is 1. The fourth-order valence-electron chi connectivity index (χ4n) is 3.22. The molecule has 1 amide bonds. The van der Waals surface area contributed by atoms with Gasteiger partial charge < -0.3 is 9.64 Å². The molecular weight excluding hydrogens is 266 g/mol. The Morgan fingerprint density at radius 1 is 1.24 bits per heavy atom. The van der Waals surface area contributed by atoms with Crippen LogP contribution in [0.3, 0.4) is 0 Å². The van der Waals surface area contributed by atoms with Crippen LogP contribution in [0, 0.1) is 5.92 Å². The first-order valence-electron chi connectivity index (χ1n) is 7.61. The van der Waals surface area contributed by atoms with Crippen LogP contribution in [0.4, 0.5) is 0 Å². The van der Waals surface area contributed by atoms with E-state index in [2.05, 4.69) is 0 Å². The lowest BCUT2D eigenvalue weighted by atomic mass is 9.82. The van der Waals surface area contributed by atoms with Gasteiger partial charge in [-0.25, -0.2) is 0 Å². The fraction of sp³-hybridized carbons (Fsp3) is 0.529. The Hall–Kier alpha value is -1.84. The molecule has 2 heterocycles. The zero-order chi connectivity index (χ0) is 15.0. The van der Waals surface area contributed by atoms with Gasteiger partial charge in [0.15, 0.2) is 5.78 Å². The first-order valence-corrected chi connectivity index (χ1v) is 7.61. The number of piperidine rings is 1. The van der Waals surface area contributed by atoms with E-state index in [0.717, 1.165) is 12.8 Å². The van der Waals surface area contributed by atoms with Gasteiger partial charge in [0.05, 0.1) is 12.0 Å². The Bertz CT molecular complexity index is 571. The highest BCUT2D eigenvalue weighted by Gasteiger charge is 2.43. The number of benzene rings is 1. The van der Waals surface area contributed by atoms with Gasteiger partial charge in [-0.3, -0.25) is 9.59 Å². The van der Waals surface area contributed by atoms with Crippen LogP contribution in [-0.4, -0.2) is 35.3 Å². The normalized spacial score (nSPS) is 20.3. The number of rotatable bonds is 1. The number of Topliss-reactive ketones (excluding diaryl/α,β-unsaturated/α-hetero) is 1. The molecule has 0 saturated carbocycles. The highest BCUT2D eigenvalue weighted by molar-refractivity contribution is 6.00. The maximum absolute atomic E-state index is 12.3. The third kappa shape index (κ3) is 2.55. The third-order valence-electron chi connectivity index (χ3n) is 4.48. The van der Waals surface area contributed by atoms with E-state index in [4.69, 9.17) is 4.74 Å². The van der Waals surface area contributed by atoms with E-state index in [1.807, 2.05) is 43.0 Å². The Balaban J connectivity index is 1.75. The van der Waals surface area contributed by atoms with Gasteiger partial charge in [0.2, 0.25) is 5.91 Å². The summed E-state index contributed by atoms with van der Waals surface area (Å²) in [5, 5.41) is 0. The average Bonchev–Trinajstić information content (AvgIpc) is 2.47. The van der Waals surface area contributed by atoms with Crippen LogP contribution in [-0.2, 0) is 4.79 Å². The van der Waals surface area contributed by atoms with E-state index in [-0.39, 0.29) is 17.6 Å². The van der Waals surface area contributed by atoms with Gasteiger partial charge >= 0.3 is 0 Å². The zero-order valence-corrected chi connectivity index (χ0v) is 12.6. The highest BCUT2D eigenvalue weighted by atomic mass is 16.5. The van der Waals surface area contributed by atoms with Gasteiger partial charge in [0.25, 0.3) is 0 Å². The molecule has 3 rings (SSSR count). The second-order valence-corrected chi connectivity index (χ2v) is 6.36. The molecule has 4 heteroatoms. The van der Waals surface area contributed by atoms with Gasteiger partial charge in [0.1, 0.15) is 11.4 Å². The Kier molecular flexibility index (Phi) is 3.47. The quantitative estimate of drug-likeness (QED) is 0.798. The number of amides is 1. The smallest absolute Gasteiger partial charge is 0.225 e. The molecule has 0 bridgehead atoms. The first-order chi connectivity index (χ1) is 10.0. The second kappa shape index (κ2) is 5.17. The monoisotopic (exact) mass is 287 g/mol. The molecule has 1 spiro atoms. The van der Waals surface area contributed by atoms with Crippen LogP contribution in [0.5, 0.6) is 5.75 Å². The van der Waals surface area contributed by atoms with Crippen molar-refractivity contribution in [2.45, 2.75) is 38.7 Å². The summed E-state index contributed by atoms with van der Waals surface area (Å²) < 4.78 is 6.16. The Morgan fingerprint density at radius 3 is 2.57 bits per heavy atom. The number of para-hydroxylation sites is 1. The predicted molar refractivity (Wildman–Crippen MR) is 79.4 cm³/mol. The molecule has 2 aliphatic heterocycles. The standard InChI is InChI=1S/C17H21NO3/c1-12(2)16(20)18-9-7-17(8-10-18)11-14(19)13-5-3-4-6-15(13)21-17/h3-6,12H,7-11H2,1-2H3. The SMILES string of the molecule is CC(C)C(=O)N1CCC2(CC1)CC(=O)c1ccccc1O2. The molecule has 1 aromatic rings. The van der Waals surface area contributed by atoms with Crippen molar-refractivity contribution in [1.29, 1.82) is 0 Å². The summed E-state index contributed by atoms with van der Waals surface area (Å²) in [6, 6.07) is 7.44. The van der Waals surface area contributed by atoms with Crippen LogP contribution in [0.1, 0.15) is 43.5 Å². The third-order valence-corrected chi connectivity index (χ3v) is 4.48. The molecule has 112 valence electrons. The molecule has 0 radical (unpaired) electrons. The summed E-state index contributed by atoms with van der Waals surface area (Å²) in [4.78, 5) is 26.3. The number of carbonyl (C=O) groups excluding carboxylic acids is 2. The lowest BCUT2D eigenvalue weighted by molar-refractivity contribution is -0.138. The molecule has 0 aliphatic carbocycles. The molecule has 0 atom stereocenters. The van der Waals surface area contributed by atoms with Crippen molar-refractivity contribution in [2.75, 3.05) is 13.1 Å². The van der Waals surface area contributed by atoms with Crippen molar-refractivity contribution in [2.24, 2.45) is 5.92 Å². The van der Waals surface area contributed by atoms with Crippen molar-refractivity contribution in [3.05, 3.63) is 29.8 Å². The van der Waals surface area contributed by atoms with Crippen LogP contribution in [0.2, 0.25) is 0 Å². The number of fused-ring (bicyclic) bond motifs is 1. The van der Waals surface area contributed by atoms with Gasteiger partial charge in [-0.05, 0) is 12.1 Å². The average molecular weight is 287 g/mol. The molecule has 4 nitrogen and oxygen atoms in total. The number of hydrogen-bond donors (Lipinski definition) is 0. The predicted octanol–water partition coefficient (Wildman–Crippen LogP) is 2.67. The summed E-state index contributed by atoms with van der Waals surface area (Å²) in [7, 11) is 0. The van der Waals surface area contributed by atoms with Gasteiger partial charge in [0, 0.05) is 31.8 Å². The minimum absolute atomic E-state index is 0.0219. The summed E-state index contributed by atoms with van der Waals surface area (Å²) >= 11 is 0. The zero-order valence-electron chi connectivity index (χ0n) is 12.6. The number of hydrogen-bond acceptors (Lipinski definition) is 3. The van der Waals surface area contributed by atoms with Gasteiger partial charge in [-0.15, -0.1) is 0 Å². The van der Waals surface area contributed by atoms with Crippen molar-refractivity contribution < 1.29 is 14.3 Å². The van der Waals surface area contributed by atoms with Gasteiger partial charge in [-0.2, -0.15) is 0 Å². The maximum atomic E-state index is 12.3. The van der Waals surface area contributed by atoms with E-state index >= 15 is 0 Å². The second-order valence-electron chi connectivity index (χ2n) is 6.36. The maximum Gasteiger partial charge on any atom is 0.225 e. The molecule has 0 unspecified atom stereocenters. The van der Waals surface area contributed by atoms with Crippen LogP contribution >= 0.6 is 0 Å².